The average molecular weight is 659 g/mol. The van der Waals surface area contributed by atoms with E-state index in [9.17, 15) is 0 Å². The largest absolute Gasteiger partial charge is 0.104 e. The molecule has 0 amide bonds. The van der Waals surface area contributed by atoms with Gasteiger partial charge >= 0.3 is 0 Å². The van der Waals surface area contributed by atoms with E-state index >= 15 is 0 Å². The normalized spacial score (nSPS) is 14.1. The third kappa shape index (κ3) is 6.72. The van der Waals surface area contributed by atoms with Gasteiger partial charge in [-0.15, -0.1) is 23.7 Å². The van der Waals surface area contributed by atoms with Crippen molar-refractivity contribution in [1.29, 1.82) is 0 Å². The molecule has 0 unspecified atom stereocenters. The van der Waals surface area contributed by atoms with Crippen LogP contribution >= 0.6 is 0 Å². The summed E-state index contributed by atoms with van der Waals surface area (Å²) in [6, 6.07) is 29.0. The van der Waals surface area contributed by atoms with E-state index in [4.69, 9.17) is 0 Å². The third-order valence-electron chi connectivity index (χ3n) is 11.7. The first-order valence-electron chi connectivity index (χ1n) is 19.9. The fourth-order valence-corrected chi connectivity index (χ4v) is 9.07. The maximum Gasteiger partial charge on any atom is 0.0433 e. The van der Waals surface area contributed by atoms with E-state index in [0.29, 0.717) is 0 Å². The molecule has 4 aromatic rings. The van der Waals surface area contributed by atoms with E-state index in [2.05, 4.69) is 138 Å². The minimum Gasteiger partial charge on any atom is -0.104 e. The van der Waals surface area contributed by atoms with Gasteiger partial charge in [-0.25, -0.2) is 0 Å². The topological polar surface area (TPSA) is 0 Å². The maximum absolute atomic E-state index is 3.60. The van der Waals surface area contributed by atoms with Gasteiger partial charge in [-0.3, -0.25) is 0 Å². The Morgan fingerprint density at radius 3 is 1.26 bits per heavy atom. The summed E-state index contributed by atoms with van der Waals surface area (Å²) >= 11 is 0. The summed E-state index contributed by atoms with van der Waals surface area (Å²) in [7, 11) is 0. The van der Waals surface area contributed by atoms with Crippen molar-refractivity contribution in [2.24, 2.45) is 0 Å². The number of fused-ring (bicyclic) bond motifs is 6. The third-order valence-corrected chi connectivity index (χ3v) is 11.7. The van der Waals surface area contributed by atoms with Gasteiger partial charge in [0.25, 0.3) is 0 Å². The second kappa shape index (κ2) is 15.9. The predicted molar refractivity (Wildman–Crippen MR) is 217 cm³/mol. The van der Waals surface area contributed by atoms with Crippen LogP contribution in [-0.4, -0.2) is 0 Å². The van der Waals surface area contributed by atoms with Crippen molar-refractivity contribution in [3.8, 4) is 57.1 Å². The van der Waals surface area contributed by atoms with Crippen molar-refractivity contribution in [3.63, 3.8) is 0 Å². The van der Waals surface area contributed by atoms with Crippen LogP contribution in [0.25, 0.3) is 33.4 Å². The summed E-state index contributed by atoms with van der Waals surface area (Å²) in [5.41, 5.74) is 16.7. The highest BCUT2D eigenvalue weighted by Crippen LogP contribution is 2.57. The second-order valence-corrected chi connectivity index (χ2v) is 15.2. The lowest BCUT2D eigenvalue weighted by molar-refractivity contribution is 0.401. The number of unbranched alkanes of at least 4 members (excludes halogenated alkanes) is 6. The zero-order valence-electron chi connectivity index (χ0n) is 31.8. The molecule has 0 aliphatic heterocycles. The molecule has 4 aromatic carbocycles. The fraction of sp³-hybridized carbons (Fsp3) is 0.440. The first-order chi connectivity index (χ1) is 24.4. The van der Waals surface area contributed by atoms with Crippen molar-refractivity contribution in [2.45, 2.75) is 142 Å². The number of aryl methyl sites for hydroxylation is 2. The first-order valence-corrected chi connectivity index (χ1v) is 19.9. The van der Waals surface area contributed by atoms with E-state index in [1.54, 1.807) is 11.1 Å². The SMILES string of the molecule is CCC#CCC1(CC#CCC)c2cc(C)ccc2-c2ccc(-c3ccc4c(c3)C(CCCCCC)(CCCCCC)c3cc(C)ccc3-4)cc21. The van der Waals surface area contributed by atoms with Crippen molar-refractivity contribution in [1.82, 2.24) is 0 Å². The number of benzene rings is 4. The van der Waals surface area contributed by atoms with Crippen molar-refractivity contribution >= 4 is 0 Å². The first kappa shape index (κ1) is 35.8. The Balaban J connectivity index is 1.50. The fourth-order valence-electron chi connectivity index (χ4n) is 9.07. The molecule has 0 saturated carbocycles. The Morgan fingerprint density at radius 2 is 0.820 bits per heavy atom. The molecule has 0 radical (unpaired) electrons. The smallest absolute Gasteiger partial charge is 0.0433 e. The molecule has 0 heteroatoms. The molecule has 0 aromatic heterocycles. The van der Waals surface area contributed by atoms with E-state index in [1.807, 2.05) is 0 Å². The van der Waals surface area contributed by atoms with Crippen LogP contribution < -0.4 is 0 Å². The molecule has 2 aliphatic rings. The van der Waals surface area contributed by atoms with Gasteiger partial charge < -0.3 is 0 Å². The molecule has 50 heavy (non-hydrogen) atoms. The molecular weight excluding hydrogens is 601 g/mol. The summed E-state index contributed by atoms with van der Waals surface area (Å²) < 4.78 is 0. The monoisotopic (exact) mass is 658 g/mol. The van der Waals surface area contributed by atoms with Crippen molar-refractivity contribution in [2.75, 3.05) is 0 Å². The van der Waals surface area contributed by atoms with Crippen LogP contribution in [0.1, 0.15) is 151 Å². The summed E-state index contributed by atoms with van der Waals surface area (Å²) in [5.74, 6) is 14.0. The Morgan fingerprint density at radius 1 is 0.420 bits per heavy atom. The highest BCUT2D eigenvalue weighted by atomic mass is 14.5. The van der Waals surface area contributed by atoms with Crippen LogP contribution in [0.5, 0.6) is 0 Å². The molecular formula is C50H58. The summed E-state index contributed by atoms with van der Waals surface area (Å²) in [6.45, 7) is 13.4. The lowest BCUT2D eigenvalue weighted by Crippen LogP contribution is -2.26. The zero-order valence-corrected chi connectivity index (χ0v) is 31.8. The molecule has 0 fully saturated rings. The van der Waals surface area contributed by atoms with Gasteiger partial charge in [0.1, 0.15) is 0 Å². The zero-order chi connectivity index (χ0) is 35.1. The lowest BCUT2D eigenvalue weighted by atomic mass is 9.70. The molecule has 0 spiro atoms. The van der Waals surface area contributed by atoms with Crippen LogP contribution in [-0.2, 0) is 10.8 Å². The molecule has 2 aliphatic carbocycles. The Kier molecular flexibility index (Phi) is 11.4. The lowest BCUT2D eigenvalue weighted by Gasteiger charge is -2.33. The molecule has 6 rings (SSSR count). The number of hydrogen-bond acceptors (Lipinski definition) is 0. The molecule has 0 bridgehead atoms. The van der Waals surface area contributed by atoms with Gasteiger partial charge in [-0.2, -0.15) is 0 Å². The Bertz CT molecular complexity index is 1910. The van der Waals surface area contributed by atoms with Gasteiger partial charge in [0.2, 0.25) is 0 Å². The van der Waals surface area contributed by atoms with E-state index in [1.165, 1.54) is 120 Å². The maximum atomic E-state index is 3.60. The van der Waals surface area contributed by atoms with Gasteiger partial charge in [-0.1, -0.05) is 151 Å². The minimum atomic E-state index is -0.232. The van der Waals surface area contributed by atoms with Crippen LogP contribution in [0, 0.1) is 37.5 Å². The molecule has 0 N–H and O–H groups in total. The molecule has 258 valence electrons. The van der Waals surface area contributed by atoms with E-state index < -0.39 is 0 Å². The highest BCUT2D eigenvalue weighted by molar-refractivity contribution is 5.87. The van der Waals surface area contributed by atoms with Gasteiger partial charge in [0, 0.05) is 36.5 Å². The Labute approximate surface area is 304 Å². The van der Waals surface area contributed by atoms with Crippen molar-refractivity contribution < 1.29 is 0 Å². The Hall–Kier alpha value is -4.00. The molecule has 0 nitrogen and oxygen atoms in total. The van der Waals surface area contributed by atoms with Gasteiger partial charge in [0.05, 0.1) is 0 Å². The van der Waals surface area contributed by atoms with Gasteiger partial charge in [-0.05, 0) is 94.5 Å². The number of hydrogen-bond donors (Lipinski definition) is 0. The van der Waals surface area contributed by atoms with E-state index in [0.717, 1.165) is 25.7 Å². The predicted octanol–water partition coefficient (Wildman–Crippen LogP) is 14.1. The second-order valence-electron chi connectivity index (χ2n) is 15.2. The minimum absolute atomic E-state index is 0.0773. The van der Waals surface area contributed by atoms with Crippen LogP contribution in [0.2, 0.25) is 0 Å². The molecule has 0 atom stereocenters. The number of rotatable bonds is 13. The molecule has 0 heterocycles. The summed E-state index contributed by atoms with van der Waals surface area (Å²) in [4.78, 5) is 0. The average Bonchev–Trinajstić information content (AvgIpc) is 3.54. The van der Waals surface area contributed by atoms with Gasteiger partial charge in [0.15, 0.2) is 0 Å². The summed E-state index contributed by atoms with van der Waals surface area (Å²) in [6.07, 6.45) is 16.2. The van der Waals surface area contributed by atoms with Crippen LogP contribution in [0.15, 0.2) is 72.8 Å². The highest BCUT2D eigenvalue weighted by Gasteiger charge is 2.44. The van der Waals surface area contributed by atoms with Crippen LogP contribution in [0.3, 0.4) is 0 Å². The summed E-state index contributed by atoms with van der Waals surface area (Å²) in [5, 5.41) is 0. The van der Waals surface area contributed by atoms with Crippen LogP contribution in [0.4, 0.5) is 0 Å². The van der Waals surface area contributed by atoms with E-state index in [-0.39, 0.29) is 10.8 Å². The van der Waals surface area contributed by atoms with Crippen molar-refractivity contribution in [3.05, 3.63) is 106 Å². The quantitative estimate of drug-likeness (QED) is 0.0990. The molecule has 0 saturated heterocycles. The standard InChI is InChI=1S/C50H58/c1-7-11-15-19-31-50(32-20-16-12-8-2)46-34-38(6)22-26-42(46)44-28-24-40(36-48(44)50)39-23-27-43-41-25-21-37(5)33-45(41)49(47(43)35-39,29-17-13-9-3)30-18-14-10-4/h21-28,33-36H,7-12,15-16,19-20,29-32H2,1-6H3.